The van der Waals surface area contributed by atoms with E-state index in [2.05, 4.69) is 4.98 Å². The highest BCUT2D eigenvalue weighted by molar-refractivity contribution is 7.91. The minimum Gasteiger partial charge on any atom is -0.497 e. The van der Waals surface area contributed by atoms with E-state index in [4.69, 9.17) is 4.74 Å². The van der Waals surface area contributed by atoms with Gasteiger partial charge in [0.2, 0.25) is 9.84 Å². The number of hydrogen-bond acceptors (Lipinski definition) is 5. The summed E-state index contributed by atoms with van der Waals surface area (Å²) in [4.78, 5) is 16.8. The van der Waals surface area contributed by atoms with Gasteiger partial charge in [-0.1, -0.05) is 30.3 Å². The molecule has 0 saturated carbocycles. The number of methoxy groups -OCH3 is 1. The molecule has 0 atom stereocenters. The van der Waals surface area contributed by atoms with Gasteiger partial charge in [0.1, 0.15) is 11.5 Å². The maximum atomic E-state index is 13.1. The molecule has 4 aromatic rings. The number of pyridine rings is 1. The number of aryl methyl sites for hydroxylation is 1. The Morgan fingerprint density at radius 3 is 2.31 bits per heavy atom. The van der Waals surface area contributed by atoms with Crippen LogP contribution in [0.25, 0.3) is 10.8 Å². The summed E-state index contributed by atoms with van der Waals surface area (Å²) in [6.07, 6.45) is 4.81. The number of aromatic nitrogens is 1. The van der Waals surface area contributed by atoms with E-state index < -0.39 is 9.84 Å². The summed E-state index contributed by atoms with van der Waals surface area (Å²) in [5.74, 6) is 0.827. The van der Waals surface area contributed by atoms with Crippen LogP contribution in [0, 0.1) is 0 Å². The molecule has 162 valence electrons. The Bertz CT molecular complexity index is 1350. The zero-order valence-corrected chi connectivity index (χ0v) is 18.5. The molecule has 32 heavy (non-hydrogen) atoms. The van der Waals surface area contributed by atoms with Gasteiger partial charge in [0, 0.05) is 25.2 Å². The number of sulfone groups is 1. The molecule has 0 aliphatic heterocycles. The number of Topliss-reactive ketones (excluding diaryl/α,β-unsaturated/α-hetero) is 1. The summed E-state index contributed by atoms with van der Waals surface area (Å²) in [6.45, 7) is 0. The van der Waals surface area contributed by atoms with E-state index in [1.165, 1.54) is 0 Å². The molecule has 0 radical (unpaired) electrons. The molecule has 0 N–H and O–H groups in total. The first kappa shape index (κ1) is 21.7. The third-order valence-electron chi connectivity index (χ3n) is 5.38. The zero-order valence-electron chi connectivity index (χ0n) is 17.7. The topological polar surface area (TPSA) is 73.3 Å². The number of ketones is 1. The van der Waals surface area contributed by atoms with Crippen LogP contribution in [0.5, 0.6) is 5.75 Å². The third-order valence-corrected chi connectivity index (χ3v) is 7.15. The normalized spacial score (nSPS) is 11.4. The van der Waals surface area contributed by atoms with Gasteiger partial charge < -0.3 is 4.74 Å². The molecule has 6 heteroatoms. The van der Waals surface area contributed by atoms with Crippen molar-refractivity contribution >= 4 is 26.4 Å². The predicted molar refractivity (Wildman–Crippen MR) is 124 cm³/mol. The van der Waals surface area contributed by atoms with Crippen molar-refractivity contribution in [1.82, 2.24) is 4.98 Å². The van der Waals surface area contributed by atoms with Crippen LogP contribution >= 0.6 is 0 Å². The predicted octanol–water partition coefficient (Wildman–Crippen LogP) is 4.82. The molecule has 4 rings (SSSR count). The van der Waals surface area contributed by atoms with Crippen LogP contribution < -0.4 is 4.74 Å². The highest BCUT2D eigenvalue weighted by Crippen LogP contribution is 2.27. The molecule has 0 aliphatic rings. The largest absolute Gasteiger partial charge is 0.497 e. The molecule has 0 fully saturated rings. The number of nitrogens with zero attached hydrogens (tertiary/aromatic N) is 1. The van der Waals surface area contributed by atoms with Gasteiger partial charge in [-0.25, -0.2) is 8.42 Å². The summed E-state index contributed by atoms with van der Waals surface area (Å²) >= 11 is 0. The maximum absolute atomic E-state index is 13.1. The summed E-state index contributed by atoms with van der Waals surface area (Å²) in [7, 11) is -2.07. The summed E-state index contributed by atoms with van der Waals surface area (Å²) in [5, 5.41) is 1.73. The minimum absolute atomic E-state index is 0.106. The van der Waals surface area contributed by atoms with Crippen LogP contribution in [-0.4, -0.2) is 26.3 Å². The number of hydrogen-bond donors (Lipinski definition) is 0. The molecular formula is C26H23NO4S. The van der Waals surface area contributed by atoms with Gasteiger partial charge >= 0.3 is 0 Å². The first-order valence-electron chi connectivity index (χ1n) is 10.3. The third kappa shape index (κ3) is 4.86. The molecule has 5 nitrogen and oxygen atoms in total. The molecule has 1 heterocycles. The molecule has 0 aliphatic carbocycles. The van der Waals surface area contributed by atoms with Crippen LogP contribution in [0.1, 0.15) is 17.5 Å². The fourth-order valence-electron chi connectivity index (χ4n) is 3.56. The van der Waals surface area contributed by atoms with E-state index in [1.807, 2.05) is 24.3 Å². The van der Waals surface area contributed by atoms with E-state index in [9.17, 15) is 13.2 Å². The summed E-state index contributed by atoms with van der Waals surface area (Å²) < 4.78 is 31.4. The molecule has 1 aromatic heterocycles. The Hall–Kier alpha value is -3.51. The van der Waals surface area contributed by atoms with E-state index in [1.54, 1.807) is 68.0 Å². The Morgan fingerprint density at radius 1 is 0.875 bits per heavy atom. The van der Waals surface area contributed by atoms with Crippen molar-refractivity contribution in [3.8, 4) is 5.75 Å². The summed E-state index contributed by atoms with van der Waals surface area (Å²) in [5.41, 5.74) is 1.82. The van der Waals surface area contributed by atoms with Gasteiger partial charge in [0.15, 0.2) is 0 Å². The number of carbonyl (C=O) groups is 1. The van der Waals surface area contributed by atoms with Crippen LogP contribution in [0.4, 0.5) is 0 Å². The Kier molecular flexibility index (Phi) is 6.32. The molecule has 0 bridgehead atoms. The van der Waals surface area contributed by atoms with Crippen molar-refractivity contribution in [1.29, 1.82) is 0 Å². The first-order valence-corrected chi connectivity index (χ1v) is 11.8. The number of carbonyl (C=O) groups excluding carboxylic acids is 1. The number of benzene rings is 3. The van der Waals surface area contributed by atoms with Gasteiger partial charge in [-0.15, -0.1) is 0 Å². The van der Waals surface area contributed by atoms with Crippen LogP contribution in [0.3, 0.4) is 0 Å². The number of rotatable bonds is 8. The van der Waals surface area contributed by atoms with Gasteiger partial charge in [-0.05, 0) is 70.8 Å². The lowest BCUT2D eigenvalue weighted by Crippen LogP contribution is -2.06. The van der Waals surface area contributed by atoms with Gasteiger partial charge in [-0.2, -0.15) is 0 Å². The lowest BCUT2D eigenvalue weighted by Gasteiger charge is -2.08. The van der Waals surface area contributed by atoms with Crippen molar-refractivity contribution < 1.29 is 17.9 Å². The highest BCUT2D eigenvalue weighted by Gasteiger charge is 2.18. The smallest absolute Gasteiger partial charge is 0.206 e. The minimum atomic E-state index is -3.66. The lowest BCUT2D eigenvalue weighted by atomic mass is 10.0. The van der Waals surface area contributed by atoms with Crippen molar-refractivity contribution in [3.63, 3.8) is 0 Å². The summed E-state index contributed by atoms with van der Waals surface area (Å²) in [6, 6.07) is 20.9. The van der Waals surface area contributed by atoms with Gasteiger partial charge in [-0.3, -0.25) is 9.78 Å². The van der Waals surface area contributed by atoms with E-state index >= 15 is 0 Å². The second kappa shape index (κ2) is 9.32. The van der Waals surface area contributed by atoms with Crippen molar-refractivity contribution in [2.75, 3.05) is 7.11 Å². The van der Waals surface area contributed by atoms with Crippen molar-refractivity contribution in [2.45, 2.75) is 29.1 Å². The van der Waals surface area contributed by atoms with E-state index in [0.717, 1.165) is 27.6 Å². The molecule has 0 spiro atoms. The first-order chi connectivity index (χ1) is 15.5. The standard InChI is InChI=1S/C26H23NO4S/c1-31-24-10-7-22-17-26(13-8-21(22)16-24)32(29,30)25-11-5-19(6-12-25)15-23(28)9-4-20-3-2-14-27-18-20/h2-3,5-8,10-14,16-18H,4,9,15H2,1H3. The molecule has 0 amide bonds. The van der Waals surface area contributed by atoms with Crippen LogP contribution in [-0.2, 0) is 27.5 Å². The molecule has 3 aromatic carbocycles. The molecule has 0 saturated heterocycles. The lowest BCUT2D eigenvalue weighted by molar-refractivity contribution is -0.118. The zero-order chi connectivity index (χ0) is 22.6. The second-order valence-corrected chi connectivity index (χ2v) is 9.55. The SMILES string of the molecule is COc1ccc2cc(S(=O)(=O)c3ccc(CC(=O)CCc4cccnc4)cc3)ccc2c1. The number of ether oxygens (including phenoxy) is 1. The second-order valence-electron chi connectivity index (χ2n) is 7.60. The Morgan fingerprint density at radius 2 is 1.59 bits per heavy atom. The quantitative estimate of drug-likeness (QED) is 0.389. The fraction of sp³-hybridized carbons (Fsp3) is 0.154. The monoisotopic (exact) mass is 445 g/mol. The van der Waals surface area contributed by atoms with Gasteiger partial charge in [0.05, 0.1) is 16.9 Å². The van der Waals surface area contributed by atoms with Crippen LogP contribution in [0.15, 0.2) is 95.0 Å². The number of fused-ring (bicyclic) bond motifs is 1. The Balaban J connectivity index is 1.46. The Labute approximate surface area is 187 Å². The van der Waals surface area contributed by atoms with Crippen molar-refractivity contribution in [3.05, 3.63) is 96.3 Å². The average molecular weight is 446 g/mol. The fourth-order valence-corrected chi connectivity index (χ4v) is 4.86. The molecule has 0 unspecified atom stereocenters. The van der Waals surface area contributed by atoms with E-state index in [-0.39, 0.29) is 22.0 Å². The highest BCUT2D eigenvalue weighted by atomic mass is 32.2. The van der Waals surface area contributed by atoms with Crippen LogP contribution in [0.2, 0.25) is 0 Å². The van der Waals surface area contributed by atoms with Gasteiger partial charge in [0.25, 0.3) is 0 Å². The van der Waals surface area contributed by atoms with E-state index in [0.29, 0.717) is 12.8 Å². The molecular weight excluding hydrogens is 422 g/mol. The average Bonchev–Trinajstić information content (AvgIpc) is 2.83. The van der Waals surface area contributed by atoms with Crippen molar-refractivity contribution in [2.24, 2.45) is 0 Å². The maximum Gasteiger partial charge on any atom is 0.206 e.